The fourth-order valence-corrected chi connectivity index (χ4v) is 26.1. The van der Waals surface area contributed by atoms with Crippen molar-refractivity contribution < 1.29 is 66.9 Å². The average molecular weight is 1360 g/mol. The monoisotopic (exact) mass is 1360 g/mol. The van der Waals surface area contributed by atoms with Crippen LogP contribution in [-0.4, -0.2) is 232 Å². The first-order valence-corrected chi connectivity index (χ1v) is 40.8. The zero-order chi connectivity index (χ0) is 67.2. The van der Waals surface area contributed by atoms with Gasteiger partial charge in [0.15, 0.2) is 27.4 Å². The molecule has 1 saturated carbocycles. The van der Waals surface area contributed by atoms with E-state index in [1.807, 2.05) is 50.1 Å². The zero-order valence-corrected chi connectivity index (χ0v) is 59.5. The molecule has 518 valence electrons. The van der Waals surface area contributed by atoms with E-state index in [9.17, 15) is 15.3 Å². The van der Waals surface area contributed by atoms with E-state index in [-0.39, 0.29) is 19.0 Å². The van der Waals surface area contributed by atoms with E-state index >= 15 is 9.59 Å². The number of methoxy groups -OCH3 is 2. The predicted molar refractivity (Wildman–Crippen MR) is 365 cm³/mol. The van der Waals surface area contributed by atoms with Crippen LogP contribution >= 0.6 is 11.8 Å². The van der Waals surface area contributed by atoms with E-state index in [1.165, 1.54) is 7.11 Å². The van der Waals surface area contributed by atoms with Gasteiger partial charge in [0.2, 0.25) is 0 Å². The number of aromatic amines is 1. The van der Waals surface area contributed by atoms with E-state index in [4.69, 9.17) is 47.5 Å². The number of carbonyl (C=O) groups excluding carboxylic acids is 2. The highest BCUT2D eigenvalue weighted by atomic mass is 32.2. The number of rotatable bonds is 35. The SMILES string of the molecule is CC[C@]1(O)CCC[C@](C(=O)OC)(c2cc3c(cc2OC)N(C)[C@H]2[C@@](O)(C(=O)NCCC[Si](C)(C)O[Si](C)(C)CSc4ncc(COCCOCCOCCOCCOCCOCCN=[N+]=[N-])cn4)[C@H](O)[C@]4(CC)C=CCN5CC[C@]32[C@@H]54)c2[nH]c3ccccc3c2CCNC1. The highest BCUT2D eigenvalue weighted by molar-refractivity contribution is 8.00. The normalized spacial score (nSPS) is 26.0. The van der Waals surface area contributed by atoms with E-state index in [0.29, 0.717) is 179 Å². The van der Waals surface area contributed by atoms with Crippen LogP contribution in [-0.2, 0) is 70.7 Å². The Kier molecular flexibility index (Phi) is 25.3. The van der Waals surface area contributed by atoms with Crippen molar-refractivity contribution >= 4 is 56.9 Å². The quantitative estimate of drug-likeness (QED) is 0.00304. The Bertz CT molecular complexity index is 3250. The summed E-state index contributed by atoms with van der Waals surface area (Å²) in [5.41, 5.74) is 7.23. The second kappa shape index (κ2) is 32.5. The number of aromatic nitrogens is 3. The molecule has 4 aliphatic heterocycles. The van der Waals surface area contributed by atoms with Gasteiger partial charge in [-0.3, -0.25) is 14.5 Å². The summed E-state index contributed by atoms with van der Waals surface area (Å²) in [7, 11) is 0.401. The van der Waals surface area contributed by atoms with Crippen LogP contribution in [0.2, 0.25) is 32.2 Å². The number of hydrogen-bond acceptors (Lipinski definition) is 21. The fraction of sp³-hybridized carbons (Fsp3) is 0.672. The Morgan fingerprint density at radius 3 is 2.18 bits per heavy atom. The highest BCUT2D eigenvalue weighted by Crippen LogP contribution is 2.67. The van der Waals surface area contributed by atoms with E-state index in [2.05, 4.69) is 91.0 Å². The number of H-pyrrole nitrogens is 1. The summed E-state index contributed by atoms with van der Waals surface area (Å²) in [4.78, 5) is 51.0. The number of ether oxygens (including phenoxy) is 8. The summed E-state index contributed by atoms with van der Waals surface area (Å²) in [5.74, 6) is -0.634. The van der Waals surface area contributed by atoms with Crippen LogP contribution in [0, 0.1) is 5.41 Å². The third kappa shape index (κ3) is 15.6. The Morgan fingerprint density at radius 2 is 1.53 bits per heavy atom. The van der Waals surface area contributed by atoms with Gasteiger partial charge in [-0.2, -0.15) is 0 Å². The standard InChI is InChI=1S/C67H102N10O14SSi2/c1-10-63(81)20-14-22-65(61(80)84-5,56-50(19-25-69-46-63)49-17-12-13-18-53(49)74-56)52-41-51-54(42-55(52)83-4)76(3)58-66(51)23-28-77-27-15-21-64(11-2,57(66)77)59(78)67(58,82)60(79)70-24-16-40-93(6,7)91-94(8,9)47-92-62-71-43-48(44-72-62)45-90-39-38-89-37-36-88-35-34-87-33-32-86-31-30-85-29-26-73-75-68/h12-13,15,17-18,21,41-44,57-59,69,74,78,81-82H,10-11,14,16,19-20,22-40,45-47H2,1-9H3,(H,70,79)/t57-,58+,59+,63-,64+,65-,66+,67-/m0/s1. The topological polar surface area (TPSA) is 299 Å². The lowest BCUT2D eigenvalue weighted by Gasteiger charge is -2.63. The van der Waals surface area contributed by atoms with Gasteiger partial charge in [-0.05, 0) is 125 Å². The molecule has 94 heavy (non-hydrogen) atoms. The maximum Gasteiger partial charge on any atom is 0.322 e. The van der Waals surface area contributed by atoms with Crippen molar-refractivity contribution in [1.29, 1.82) is 0 Å². The number of fused-ring (bicyclic) bond motifs is 4. The number of azide groups is 1. The number of aliphatic hydroxyl groups excluding tert-OH is 1. The minimum Gasteiger partial charge on any atom is -0.496 e. The molecule has 1 saturated heterocycles. The van der Waals surface area contributed by atoms with Crippen molar-refractivity contribution in [2.75, 3.05) is 143 Å². The molecule has 24 nitrogen and oxygen atoms in total. The average Bonchev–Trinajstić information content (AvgIpc) is 1.46. The second-order valence-electron chi connectivity index (χ2n) is 26.9. The number of anilines is 1. The van der Waals surface area contributed by atoms with Crippen LogP contribution in [0.1, 0.15) is 86.7 Å². The van der Waals surface area contributed by atoms with Crippen LogP contribution in [0.4, 0.5) is 5.69 Å². The van der Waals surface area contributed by atoms with Gasteiger partial charge >= 0.3 is 5.97 Å². The maximum atomic E-state index is 15.5. The first-order valence-electron chi connectivity index (χ1n) is 33.5. The number of β-amino-alcohol motifs (C(OH)–C–C–N with tert-alkyl or cyclic N) is 1. The number of nitrogens with zero attached hydrogens (tertiary/aromatic N) is 7. The Morgan fingerprint density at radius 1 is 0.862 bits per heavy atom. The Hall–Kier alpha value is -5.05. The molecular weight excluding hydrogens is 1260 g/mol. The van der Waals surface area contributed by atoms with Crippen molar-refractivity contribution in [3.8, 4) is 5.75 Å². The van der Waals surface area contributed by atoms with Gasteiger partial charge < -0.3 is 77.8 Å². The van der Waals surface area contributed by atoms with Gasteiger partial charge in [-0.1, -0.05) is 61.1 Å². The van der Waals surface area contributed by atoms with Crippen LogP contribution in [0.25, 0.3) is 21.3 Å². The van der Waals surface area contributed by atoms with Crippen LogP contribution < -0.4 is 20.3 Å². The number of esters is 1. The molecule has 1 spiro atoms. The largest absolute Gasteiger partial charge is 0.496 e. The number of nitrogens with one attached hydrogen (secondary N) is 3. The highest BCUT2D eigenvalue weighted by Gasteiger charge is 2.78. The van der Waals surface area contributed by atoms with E-state index in [0.717, 1.165) is 44.7 Å². The van der Waals surface area contributed by atoms with E-state index in [1.54, 1.807) is 31.3 Å². The molecule has 0 radical (unpaired) electrons. The molecule has 0 unspecified atom stereocenters. The number of thioether (sulfide) groups is 1. The summed E-state index contributed by atoms with van der Waals surface area (Å²) < 4.78 is 52.7. The van der Waals surface area contributed by atoms with Crippen LogP contribution in [0.15, 0.2) is 71.2 Å². The predicted octanol–water partition coefficient (Wildman–Crippen LogP) is 7.26. The Labute approximate surface area is 560 Å². The lowest BCUT2D eigenvalue weighted by molar-refractivity contribution is -0.203. The second-order valence-corrected chi connectivity index (χ2v) is 37.0. The summed E-state index contributed by atoms with van der Waals surface area (Å²) in [6.07, 6.45) is 10.2. The smallest absolute Gasteiger partial charge is 0.322 e. The molecule has 2 aromatic heterocycles. The van der Waals surface area contributed by atoms with Crippen molar-refractivity contribution in [3.63, 3.8) is 0 Å². The van der Waals surface area contributed by atoms with Crippen molar-refractivity contribution in [1.82, 2.24) is 30.5 Å². The molecule has 6 N–H and O–H groups in total. The number of carbonyl (C=O) groups is 2. The maximum absolute atomic E-state index is 15.5. The van der Waals surface area contributed by atoms with Gasteiger partial charge in [0.05, 0.1) is 105 Å². The van der Waals surface area contributed by atoms with Gasteiger partial charge in [0.1, 0.15) is 17.3 Å². The number of para-hydroxylation sites is 1. The molecule has 6 heterocycles. The van der Waals surface area contributed by atoms with Gasteiger partial charge in [-0.15, -0.1) is 0 Å². The summed E-state index contributed by atoms with van der Waals surface area (Å²) >= 11 is 1.58. The summed E-state index contributed by atoms with van der Waals surface area (Å²) in [6.45, 7) is 20.9. The molecule has 0 bridgehead atoms. The fourth-order valence-electron chi connectivity index (χ4n) is 15.8. The number of hydrogen-bond donors (Lipinski definition) is 6. The minimum atomic E-state index is -2.30. The first-order chi connectivity index (χ1) is 45.2. The number of likely N-dealkylation sites (N-methyl/N-ethyl adjacent to an activating group) is 1. The van der Waals surface area contributed by atoms with Gasteiger partial charge in [0, 0.05) is 112 Å². The molecule has 1 aliphatic carbocycles. The number of aliphatic hydroxyl groups is 3. The lowest BCUT2D eigenvalue weighted by Crippen LogP contribution is -2.81. The Balaban J connectivity index is 0.816. The molecule has 4 aromatic rings. The molecule has 5 aliphatic rings. The molecule has 8 atom stereocenters. The van der Waals surface area contributed by atoms with Crippen LogP contribution in [0.5, 0.6) is 5.75 Å². The minimum absolute atomic E-state index is 0.268. The molecule has 9 rings (SSSR count). The molecule has 27 heteroatoms. The molecule has 2 aromatic carbocycles. The number of benzene rings is 2. The number of amides is 1. The van der Waals surface area contributed by atoms with Crippen molar-refractivity contribution in [2.24, 2.45) is 10.5 Å². The summed E-state index contributed by atoms with van der Waals surface area (Å²) in [5, 5.41) is 51.4. The van der Waals surface area contributed by atoms with Gasteiger partial charge in [0.25, 0.3) is 5.91 Å². The molecule has 2 fully saturated rings. The van der Waals surface area contributed by atoms with Crippen molar-refractivity contribution in [3.05, 3.63) is 99.3 Å². The van der Waals surface area contributed by atoms with Crippen LogP contribution in [0.3, 0.4) is 0 Å². The third-order valence-corrected chi connectivity index (χ3v) is 29.8. The third-order valence-electron chi connectivity index (χ3n) is 20.0. The van der Waals surface area contributed by atoms with E-state index < -0.39 is 68.1 Å². The van der Waals surface area contributed by atoms with Crippen molar-refractivity contribution in [2.45, 2.75) is 149 Å². The summed E-state index contributed by atoms with van der Waals surface area (Å²) in [6, 6.07) is 11.7. The molecule has 1 amide bonds. The van der Waals surface area contributed by atoms with Gasteiger partial charge in [-0.25, -0.2) is 9.97 Å². The molecular formula is C67H102N10O14SSi2. The lowest BCUT2D eigenvalue weighted by atomic mass is 9.47. The zero-order valence-electron chi connectivity index (χ0n) is 56.7. The first kappa shape index (κ1) is 73.2.